The first-order valence-corrected chi connectivity index (χ1v) is 6.38. The maximum absolute atomic E-state index is 5.53. The van der Waals surface area contributed by atoms with Gasteiger partial charge in [0.2, 0.25) is 5.95 Å². The summed E-state index contributed by atoms with van der Waals surface area (Å²) in [5.74, 6) is 0.0893. The SMILES string of the molecule is COc1nc(N)nc(OCCN(C(C)C)C(C)C)n1. The van der Waals surface area contributed by atoms with Crippen molar-refractivity contribution in [2.24, 2.45) is 0 Å². The largest absolute Gasteiger partial charge is 0.467 e. The standard InChI is InChI=1S/C12H23N5O2/c1-8(2)17(9(3)4)6-7-19-12-15-10(13)14-11(16-12)18-5/h8-9H,6-7H2,1-5H3,(H2,13,14,15,16). The van der Waals surface area contributed by atoms with Crippen LogP contribution in [-0.4, -0.2) is 52.2 Å². The molecule has 0 bridgehead atoms. The second kappa shape index (κ2) is 7.08. The van der Waals surface area contributed by atoms with E-state index >= 15 is 0 Å². The van der Waals surface area contributed by atoms with Gasteiger partial charge in [0.25, 0.3) is 0 Å². The zero-order valence-corrected chi connectivity index (χ0v) is 12.3. The van der Waals surface area contributed by atoms with Crippen LogP contribution in [0.5, 0.6) is 12.0 Å². The molecule has 7 heteroatoms. The van der Waals surface area contributed by atoms with Gasteiger partial charge in [-0.1, -0.05) is 0 Å². The number of rotatable bonds is 7. The van der Waals surface area contributed by atoms with Crippen LogP contribution in [0.4, 0.5) is 5.95 Å². The first-order chi connectivity index (χ1) is 8.93. The van der Waals surface area contributed by atoms with Gasteiger partial charge in [0.15, 0.2) is 0 Å². The summed E-state index contributed by atoms with van der Waals surface area (Å²) in [5.41, 5.74) is 5.53. The number of nitrogen functional groups attached to an aromatic ring is 1. The molecule has 1 aromatic rings. The van der Waals surface area contributed by atoms with E-state index in [4.69, 9.17) is 15.2 Å². The average molecular weight is 269 g/mol. The zero-order valence-electron chi connectivity index (χ0n) is 12.3. The first-order valence-electron chi connectivity index (χ1n) is 6.38. The Bertz CT molecular complexity index is 390. The summed E-state index contributed by atoms with van der Waals surface area (Å²) in [6.07, 6.45) is 0. The highest BCUT2D eigenvalue weighted by Crippen LogP contribution is 2.10. The van der Waals surface area contributed by atoms with Gasteiger partial charge in [-0.25, -0.2) is 0 Å². The van der Waals surface area contributed by atoms with Crippen LogP contribution in [0, 0.1) is 0 Å². The molecule has 0 saturated heterocycles. The van der Waals surface area contributed by atoms with Crippen molar-refractivity contribution in [2.75, 3.05) is 26.0 Å². The third-order valence-corrected chi connectivity index (χ3v) is 2.70. The summed E-state index contributed by atoms with van der Waals surface area (Å²) < 4.78 is 10.4. The van der Waals surface area contributed by atoms with E-state index in [0.717, 1.165) is 6.54 Å². The fourth-order valence-electron chi connectivity index (χ4n) is 1.86. The molecule has 0 radical (unpaired) electrons. The van der Waals surface area contributed by atoms with Crippen molar-refractivity contribution in [3.8, 4) is 12.0 Å². The van der Waals surface area contributed by atoms with E-state index < -0.39 is 0 Å². The van der Waals surface area contributed by atoms with Crippen LogP contribution in [0.15, 0.2) is 0 Å². The molecule has 1 aromatic heterocycles. The lowest BCUT2D eigenvalue weighted by atomic mass is 10.2. The molecule has 0 aromatic carbocycles. The number of hydrogen-bond acceptors (Lipinski definition) is 7. The van der Waals surface area contributed by atoms with E-state index in [0.29, 0.717) is 18.7 Å². The van der Waals surface area contributed by atoms with Gasteiger partial charge in [-0.2, -0.15) is 9.97 Å². The maximum atomic E-state index is 5.53. The second-order valence-electron chi connectivity index (χ2n) is 4.74. The Hall–Kier alpha value is -1.63. The first kappa shape index (κ1) is 15.4. The van der Waals surface area contributed by atoms with Gasteiger partial charge in [0.1, 0.15) is 6.61 Å². The number of aromatic nitrogens is 3. The number of methoxy groups -OCH3 is 1. The van der Waals surface area contributed by atoms with Crippen molar-refractivity contribution < 1.29 is 9.47 Å². The molecule has 7 nitrogen and oxygen atoms in total. The molecule has 1 rings (SSSR count). The molecule has 0 spiro atoms. The highest BCUT2D eigenvalue weighted by molar-refractivity contribution is 5.20. The smallest absolute Gasteiger partial charge is 0.324 e. The van der Waals surface area contributed by atoms with Gasteiger partial charge >= 0.3 is 12.0 Å². The Balaban J connectivity index is 2.55. The monoisotopic (exact) mass is 269 g/mol. The lowest BCUT2D eigenvalue weighted by Gasteiger charge is -2.30. The number of anilines is 1. The van der Waals surface area contributed by atoms with Crippen LogP contribution < -0.4 is 15.2 Å². The van der Waals surface area contributed by atoms with Crippen LogP contribution in [0.2, 0.25) is 0 Å². The van der Waals surface area contributed by atoms with Crippen molar-refractivity contribution in [1.29, 1.82) is 0 Å². The molecule has 19 heavy (non-hydrogen) atoms. The highest BCUT2D eigenvalue weighted by atomic mass is 16.5. The Labute approximate surface area is 114 Å². The normalized spacial score (nSPS) is 11.4. The van der Waals surface area contributed by atoms with E-state index in [9.17, 15) is 0 Å². The lowest BCUT2D eigenvalue weighted by molar-refractivity contribution is 0.137. The van der Waals surface area contributed by atoms with Crippen LogP contribution in [0.25, 0.3) is 0 Å². The van der Waals surface area contributed by atoms with E-state index in [1.165, 1.54) is 7.11 Å². The minimum absolute atomic E-state index is 0.0893. The van der Waals surface area contributed by atoms with Crippen LogP contribution in [0.1, 0.15) is 27.7 Å². The summed E-state index contributed by atoms with van der Waals surface area (Å²) in [6.45, 7) is 9.91. The molecule has 1 heterocycles. The van der Waals surface area contributed by atoms with Crippen LogP contribution in [0.3, 0.4) is 0 Å². The Morgan fingerprint density at radius 1 is 1.05 bits per heavy atom. The number of hydrogen-bond donors (Lipinski definition) is 1. The molecule has 0 atom stereocenters. The molecule has 0 unspecified atom stereocenters. The second-order valence-corrected chi connectivity index (χ2v) is 4.74. The molecule has 0 saturated carbocycles. The lowest BCUT2D eigenvalue weighted by Crippen LogP contribution is -2.39. The Kier molecular flexibility index (Phi) is 5.75. The van der Waals surface area contributed by atoms with Crippen molar-refractivity contribution in [3.63, 3.8) is 0 Å². The van der Waals surface area contributed by atoms with E-state index in [1.807, 2.05) is 0 Å². The summed E-state index contributed by atoms with van der Waals surface area (Å²) in [5, 5.41) is 0. The zero-order chi connectivity index (χ0) is 14.4. The maximum Gasteiger partial charge on any atom is 0.324 e. The predicted molar refractivity (Wildman–Crippen MR) is 73.3 cm³/mol. The van der Waals surface area contributed by atoms with E-state index in [1.54, 1.807) is 0 Å². The topological polar surface area (TPSA) is 86.4 Å². The minimum atomic E-state index is 0.0893. The molecule has 0 aliphatic carbocycles. The number of nitrogens with zero attached hydrogens (tertiary/aromatic N) is 4. The van der Waals surface area contributed by atoms with Gasteiger partial charge in [-0.15, -0.1) is 4.98 Å². The number of ether oxygens (including phenoxy) is 2. The van der Waals surface area contributed by atoms with Crippen LogP contribution >= 0.6 is 0 Å². The molecule has 0 fully saturated rings. The molecule has 0 aliphatic heterocycles. The fourth-order valence-corrected chi connectivity index (χ4v) is 1.86. The molecule has 2 N–H and O–H groups in total. The highest BCUT2D eigenvalue weighted by Gasteiger charge is 2.13. The summed E-state index contributed by atoms with van der Waals surface area (Å²) in [4.78, 5) is 14.0. The Morgan fingerprint density at radius 2 is 1.63 bits per heavy atom. The summed E-state index contributed by atoms with van der Waals surface area (Å²) >= 11 is 0. The molecular formula is C12H23N5O2. The van der Waals surface area contributed by atoms with E-state index in [-0.39, 0.29) is 18.0 Å². The third kappa shape index (κ3) is 4.86. The van der Waals surface area contributed by atoms with Crippen molar-refractivity contribution >= 4 is 5.95 Å². The molecule has 108 valence electrons. The van der Waals surface area contributed by atoms with Gasteiger partial charge in [-0.3, -0.25) is 4.90 Å². The predicted octanol–water partition coefficient (Wildman–Crippen LogP) is 0.960. The third-order valence-electron chi connectivity index (χ3n) is 2.70. The van der Waals surface area contributed by atoms with Crippen molar-refractivity contribution in [2.45, 2.75) is 39.8 Å². The average Bonchev–Trinajstić information content (AvgIpc) is 2.32. The summed E-state index contributed by atoms with van der Waals surface area (Å²) in [7, 11) is 1.47. The van der Waals surface area contributed by atoms with Crippen molar-refractivity contribution in [1.82, 2.24) is 19.9 Å². The number of nitrogens with two attached hydrogens (primary N) is 1. The quantitative estimate of drug-likeness (QED) is 0.788. The van der Waals surface area contributed by atoms with Gasteiger partial charge in [0.05, 0.1) is 7.11 Å². The fraction of sp³-hybridized carbons (Fsp3) is 0.750. The van der Waals surface area contributed by atoms with E-state index in [2.05, 4.69) is 47.5 Å². The molecule has 0 aliphatic rings. The molecular weight excluding hydrogens is 246 g/mol. The summed E-state index contributed by atoms with van der Waals surface area (Å²) in [6, 6.07) is 1.27. The van der Waals surface area contributed by atoms with Gasteiger partial charge < -0.3 is 15.2 Å². The minimum Gasteiger partial charge on any atom is -0.467 e. The Morgan fingerprint density at radius 3 is 2.16 bits per heavy atom. The van der Waals surface area contributed by atoms with Gasteiger partial charge in [0, 0.05) is 18.6 Å². The van der Waals surface area contributed by atoms with Gasteiger partial charge in [-0.05, 0) is 27.7 Å². The van der Waals surface area contributed by atoms with Crippen LogP contribution in [-0.2, 0) is 0 Å². The van der Waals surface area contributed by atoms with Crippen molar-refractivity contribution in [3.05, 3.63) is 0 Å². The molecule has 0 amide bonds.